The van der Waals surface area contributed by atoms with Gasteiger partial charge >= 0.3 is 0 Å². The summed E-state index contributed by atoms with van der Waals surface area (Å²) < 4.78 is 4.87. The Morgan fingerprint density at radius 3 is 3.12 bits per heavy atom. The van der Waals surface area contributed by atoms with Crippen LogP contribution in [0.4, 0.5) is 5.69 Å². The highest BCUT2D eigenvalue weighted by Crippen LogP contribution is 2.14. The van der Waals surface area contributed by atoms with Crippen molar-refractivity contribution in [2.75, 3.05) is 26.0 Å². The molecule has 0 radical (unpaired) electrons. The lowest BCUT2D eigenvalue weighted by atomic mass is 10.2. The molecular formula is C10H14ClN3O2. The minimum absolute atomic E-state index is 0.247. The molecule has 0 saturated heterocycles. The zero-order valence-electron chi connectivity index (χ0n) is 9.00. The molecular weight excluding hydrogens is 230 g/mol. The van der Waals surface area contributed by atoms with Crippen LogP contribution >= 0.6 is 11.6 Å². The molecule has 0 bridgehead atoms. The van der Waals surface area contributed by atoms with E-state index in [2.05, 4.69) is 10.3 Å². The highest BCUT2D eigenvalue weighted by atomic mass is 35.5. The summed E-state index contributed by atoms with van der Waals surface area (Å²) in [6.45, 7) is 1.14. The van der Waals surface area contributed by atoms with E-state index < -0.39 is 0 Å². The maximum Gasteiger partial charge on any atom is 0.253 e. The molecule has 0 aliphatic heterocycles. The van der Waals surface area contributed by atoms with Crippen molar-refractivity contribution in [1.82, 2.24) is 10.3 Å². The normalized spacial score (nSPS) is 10.1. The number of methoxy groups -OCH3 is 1. The number of halogens is 1. The number of ether oxygens (including phenoxy) is 1. The molecule has 1 heterocycles. The summed E-state index contributed by atoms with van der Waals surface area (Å²) >= 11 is 5.68. The molecule has 0 saturated carbocycles. The molecule has 0 unspecified atom stereocenters. The van der Waals surface area contributed by atoms with Crippen molar-refractivity contribution in [3.05, 3.63) is 23.0 Å². The number of nitrogen functional groups attached to an aromatic ring is 1. The van der Waals surface area contributed by atoms with Gasteiger partial charge in [-0.1, -0.05) is 11.6 Å². The van der Waals surface area contributed by atoms with Crippen molar-refractivity contribution >= 4 is 23.2 Å². The number of hydrogen-bond donors (Lipinski definition) is 2. The van der Waals surface area contributed by atoms with Crippen LogP contribution in [-0.2, 0) is 4.74 Å². The van der Waals surface area contributed by atoms with Gasteiger partial charge in [0.1, 0.15) is 5.15 Å². The average molecular weight is 244 g/mol. The molecule has 0 aliphatic rings. The van der Waals surface area contributed by atoms with E-state index in [1.165, 1.54) is 12.3 Å². The number of rotatable bonds is 5. The zero-order chi connectivity index (χ0) is 12.0. The van der Waals surface area contributed by atoms with Crippen molar-refractivity contribution in [2.24, 2.45) is 0 Å². The van der Waals surface area contributed by atoms with Crippen molar-refractivity contribution in [1.29, 1.82) is 0 Å². The highest BCUT2D eigenvalue weighted by Gasteiger charge is 2.09. The summed E-state index contributed by atoms with van der Waals surface area (Å²) in [6, 6.07) is 1.45. The molecule has 0 spiro atoms. The molecule has 1 aromatic rings. The highest BCUT2D eigenvalue weighted by molar-refractivity contribution is 6.29. The van der Waals surface area contributed by atoms with Crippen LogP contribution in [0, 0.1) is 0 Å². The number of amides is 1. The Morgan fingerprint density at radius 2 is 2.44 bits per heavy atom. The molecule has 3 N–H and O–H groups in total. The number of aromatic nitrogens is 1. The van der Waals surface area contributed by atoms with Crippen LogP contribution in [0.2, 0.25) is 5.15 Å². The Hall–Kier alpha value is -1.33. The van der Waals surface area contributed by atoms with E-state index >= 15 is 0 Å². The van der Waals surface area contributed by atoms with Crippen molar-refractivity contribution in [2.45, 2.75) is 6.42 Å². The molecule has 1 amide bonds. The van der Waals surface area contributed by atoms with E-state index in [1.807, 2.05) is 0 Å². The Morgan fingerprint density at radius 1 is 1.69 bits per heavy atom. The van der Waals surface area contributed by atoms with Gasteiger partial charge in [0.2, 0.25) is 0 Å². The first kappa shape index (κ1) is 12.7. The maximum atomic E-state index is 11.7. The molecule has 0 fully saturated rings. The average Bonchev–Trinajstić information content (AvgIpc) is 2.27. The summed E-state index contributed by atoms with van der Waals surface area (Å²) in [5, 5.41) is 2.96. The van der Waals surface area contributed by atoms with E-state index in [4.69, 9.17) is 22.1 Å². The summed E-state index contributed by atoms with van der Waals surface area (Å²) in [6.07, 6.45) is 2.12. The standard InChI is InChI=1S/C10H14ClN3O2/c1-16-4-2-3-13-10(15)7-5-9(11)14-6-8(7)12/h5-6H,2-4,12H2,1H3,(H,13,15). The molecule has 88 valence electrons. The Balaban J connectivity index is 2.55. The van der Waals surface area contributed by atoms with E-state index in [1.54, 1.807) is 7.11 Å². The second-order valence-electron chi connectivity index (χ2n) is 3.20. The fourth-order valence-electron chi connectivity index (χ4n) is 1.15. The predicted octanol–water partition coefficient (Wildman–Crippen LogP) is 1.08. The smallest absolute Gasteiger partial charge is 0.253 e. The van der Waals surface area contributed by atoms with Crippen molar-refractivity contribution in [3.8, 4) is 0 Å². The van der Waals surface area contributed by atoms with Gasteiger partial charge in [-0.3, -0.25) is 4.79 Å². The Kier molecular flexibility index (Phi) is 5.01. The van der Waals surface area contributed by atoms with Gasteiger partial charge in [0.25, 0.3) is 5.91 Å². The third kappa shape index (κ3) is 3.67. The minimum Gasteiger partial charge on any atom is -0.397 e. The van der Waals surface area contributed by atoms with Gasteiger partial charge in [-0.15, -0.1) is 0 Å². The predicted molar refractivity (Wildman–Crippen MR) is 62.5 cm³/mol. The number of hydrogen-bond acceptors (Lipinski definition) is 4. The number of anilines is 1. The number of nitrogens with two attached hydrogens (primary N) is 1. The van der Waals surface area contributed by atoms with E-state index in [0.717, 1.165) is 6.42 Å². The monoisotopic (exact) mass is 243 g/mol. The van der Waals surface area contributed by atoms with Gasteiger partial charge in [-0.25, -0.2) is 4.98 Å². The first-order valence-electron chi connectivity index (χ1n) is 4.83. The lowest BCUT2D eigenvalue weighted by molar-refractivity contribution is 0.0949. The third-order valence-electron chi connectivity index (χ3n) is 1.96. The van der Waals surface area contributed by atoms with Crippen LogP contribution in [0.5, 0.6) is 0 Å². The second-order valence-corrected chi connectivity index (χ2v) is 3.58. The Labute approximate surface area is 98.9 Å². The van der Waals surface area contributed by atoms with Crippen LogP contribution in [0.3, 0.4) is 0 Å². The third-order valence-corrected chi connectivity index (χ3v) is 2.16. The first-order chi connectivity index (χ1) is 7.65. The minimum atomic E-state index is -0.252. The van der Waals surface area contributed by atoms with Crippen molar-refractivity contribution in [3.63, 3.8) is 0 Å². The number of carbonyl (C=O) groups excluding carboxylic acids is 1. The number of nitrogens with zero attached hydrogens (tertiary/aromatic N) is 1. The second kappa shape index (κ2) is 6.30. The fraction of sp³-hybridized carbons (Fsp3) is 0.400. The molecule has 0 aromatic carbocycles. The number of pyridine rings is 1. The molecule has 1 rings (SSSR count). The van der Waals surface area contributed by atoms with Crippen LogP contribution in [0.15, 0.2) is 12.3 Å². The summed E-state index contributed by atoms with van der Waals surface area (Å²) in [4.78, 5) is 15.4. The van der Waals surface area contributed by atoms with Gasteiger partial charge in [-0.2, -0.15) is 0 Å². The molecule has 1 aromatic heterocycles. The Bertz CT molecular complexity index is 371. The quantitative estimate of drug-likeness (QED) is 0.599. The summed E-state index contributed by atoms with van der Waals surface area (Å²) in [5.74, 6) is -0.252. The maximum absolute atomic E-state index is 11.7. The van der Waals surface area contributed by atoms with Gasteiger partial charge in [0, 0.05) is 20.3 Å². The van der Waals surface area contributed by atoms with Gasteiger partial charge in [-0.05, 0) is 12.5 Å². The van der Waals surface area contributed by atoms with Crippen molar-refractivity contribution < 1.29 is 9.53 Å². The van der Waals surface area contributed by atoms with Crippen LogP contribution in [0.1, 0.15) is 16.8 Å². The van der Waals surface area contributed by atoms with Crippen LogP contribution in [0.25, 0.3) is 0 Å². The topological polar surface area (TPSA) is 77.2 Å². The number of carbonyl (C=O) groups is 1. The number of nitrogens with one attached hydrogen (secondary N) is 1. The largest absolute Gasteiger partial charge is 0.397 e. The molecule has 5 nitrogen and oxygen atoms in total. The van der Waals surface area contributed by atoms with E-state index in [0.29, 0.717) is 24.4 Å². The first-order valence-corrected chi connectivity index (χ1v) is 5.21. The molecule has 0 atom stereocenters. The van der Waals surface area contributed by atoms with Crippen LogP contribution in [-0.4, -0.2) is 31.2 Å². The summed E-state index contributed by atoms with van der Waals surface area (Å²) in [7, 11) is 1.61. The van der Waals surface area contributed by atoms with E-state index in [-0.39, 0.29) is 11.1 Å². The van der Waals surface area contributed by atoms with Gasteiger partial charge in [0.15, 0.2) is 0 Å². The summed E-state index contributed by atoms with van der Waals surface area (Å²) in [5.41, 5.74) is 6.27. The molecule has 6 heteroatoms. The van der Waals surface area contributed by atoms with Crippen LogP contribution < -0.4 is 11.1 Å². The fourth-order valence-corrected chi connectivity index (χ4v) is 1.31. The molecule has 0 aliphatic carbocycles. The van der Waals surface area contributed by atoms with E-state index in [9.17, 15) is 4.79 Å². The van der Waals surface area contributed by atoms with Gasteiger partial charge in [0.05, 0.1) is 17.4 Å². The van der Waals surface area contributed by atoms with Gasteiger partial charge < -0.3 is 15.8 Å². The SMILES string of the molecule is COCCCNC(=O)c1cc(Cl)ncc1N. The lowest BCUT2D eigenvalue weighted by Gasteiger charge is -2.07. The zero-order valence-corrected chi connectivity index (χ0v) is 9.75. The molecule has 16 heavy (non-hydrogen) atoms. The lowest BCUT2D eigenvalue weighted by Crippen LogP contribution is -2.26.